The third-order valence-corrected chi connectivity index (χ3v) is 6.20. The molecule has 3 heterocycles. The van der Waals surface area contributed by atoms with Gasteiger partial charge in [-0.2, -0.15) is 0 Å². The molecule has 0 spiro atoms. The minimum atomic E-state index is -0.187. The van der Waals surface area contributed by atoms with Crippen LogP contribution >= 0.6 is 23.2 Å². The Bertz CT molecular complexity index is 1300. The van der Waals surface area contributed by atoms with E-state index in [1.807, 2.05) is 35.2 Å². The largest absolute Gasteiger partial charge is 0.383 e. The second kappa shape index (κ2) is 8.00. The van der Waals surface area contributed by atoms with Gasteiger partial charge in [0.15, 0.2) is 0 Å². The maximum atomic E-state index is 12.8. The van der Waals surface area contributed by atoms with Crippen LogP contribution in [0.15, 0.2) is 42.7 Å². The van der Waals surface area contributed by atoms with Gasteiger partial charge in [-0.1, -0.05) is 29.3 Å². The van der Waals surface area contributed by atoms with E-state index in [0.717, 1.165) is 39.6 Å². The third-order valence-electron chi connectivity index (χ3n) is 5.69. The van der Waals surface area contributed by atoms with Gasteiger partial charge in [0.1, 0.15) is 12.1 Å². The fourth-order valence-electron chi connectivity index (χ4n) is 4.18. The fourth-order valence-corrected chi connectivity index (χ4v) is 4.74. The number of nitrogen functional groups attached to an aromatic ring is 1. The Morgan fingerprint density at radius 1 is 1.16 bits per heavy atom. The van der Waals surface area contributed by atoms with Gasteiger partial charge in [-0.25, -0.2) is 9.97 Å². The zero-order valence-electron chi connectivity index (χ0n) is 16.5. The van der Waals surface area contributed by atoms with Crippen LogP contribution in [0.4, 0.5) is 5.82 Å². The predicted octanol–water partition coefficient (Wildman–Crippen LogP) is 3.72. The van der Waals surface area contributed by atoms with Gasteiger partial charge in [0, 0.05) is 34.6 Å². The number of H-pyrrole nitrogens is 1. The van der Waals surface area contributed by atoms with E-state index in [2.05, 4.69) is 20.3 Å². The summed E-state index contributed by atoms with van der Waals surface area (Å²) in [4.78, 5) is 26.5. The van der Waals surface area contributed by atoms with Crippen LogP contribution in [0.3, 0.4) is 0 Å². The minimum Gasteiger partial charge on any atom is -0.383 e. The summed E-state index contributed by atoms with van der Waals surface area (Å²) in [5, 5.41) is 5.99. The number of benzene rings is 2. The van der Waals surface area contributed by atoms with Crippen molar-refractivity contribution in [3.05, 3.63) is 64.0 Å². The number of hydrogen-bond donors (Lipinski definition) is 3. The van der Waals surface area contributed by atoms with Crippen molar-refractivity contribution < 1.29 is 4.79 Å². The average Bonchev–Trinajstić information content (AvgIpc) is 3.17. The zero-order chi connectivity index (χ0) is 21.5. The molecule has 4 aromatic rings. The van der Waals surface area contributed by atoms with Crippen LogP contribution in [0.1, 0.15) is 17.3 Å². The van der Waals surface area contributed by atoms with Crippen LogP contribution in [-0.2, 0) is 11.2 Å². The molecule has 0 aliphatic carbocycles. The van der Waals surface area contributed by atoms with Crippen LogP contribution in [0, 0.1) is 0 Å². The maximum Gasteiger partial charge on any atom is 0.237 e. The van der Waals surface area contributed by atoms with E-state index in [1.165, 1.54) is 6.33 Å². The molecule has 1 aliphatic heterocycles. The number of nitrogens with two attached hydrogens (primary N) is 1. The van der Waals surface area contributed by atoms with E-state index in [-0.39, 0.29) is 11.9 Å². The normalized spacial score (nSPS) is 15.7. The Hall–Kier alpha value is -2.87. The second-order valence-corrected chi connectivity index (χ2v) is 8.51. The number of carbonyl (C=O) groups excluding carboxylic acids is 1. The Morgan fingerprint density at radius 3 is 2.87 bits per heavy atom. The summed E-state index contributed by atoms with van der Waals surface area (Å²) in [5.74, 6) is 0.513. The number of aromatic amines is 1. The van der Waals surface area contributed by atoms with Crippen LogP contribution in [0.2, 0.25) is 10.0 Å². The van der Waals surface area contributed by atoms with Crippen molar-refractivity contribution in [3.8, 4) is 0 Å². The smallest absolute Gasteiger partial charge is 0.237 e. The highest BCUT2D eigenvalue weighted by Gasteiger charge is 2.29. The quantitative estimate of drug-likeness (QED) is 0.436. The van der Waals surface area contributed by atoms with Crippen molar-refractivity contribution in [2.24, 2.45) is 0 Å². The molecule has 0 bridgehead atoms. The Kier molecular flexibility index (Phi) is 5.17. The topological polar surface area (TPSA) is 99.9 Å². The molecule has 1 atom stereocenters. The van der Waals surface area contributed by atoms with Crippen LogP contribution in [0.5, 0.6) is 0 Å². The molecule has 2 aromatic carbocycles. The van der Waals surface area contributed by atoms with Gasteiger partial charge in [0.05, 0.1) is 28.6 Å². The number of nitrogens with one attached hydrogen (secondary N) is 2. The highest BCUT2D eigenvalue weighted by molar-refractivity contribution is 6.38. The number of nitrogens with zero attached hydrogens (tertiary/aromatic N) is 3. The minimum absolute atomic E-state index is 0.0615. The lowest BCUT2D eigenvalue weighted by atomic mass is 9.99. The fraction of sp³-hybridized carbons (Fsp3) is 0.227. The van der Waals surface area contributed by atoms with Gasteiger partial charge in [-0.05, 0) is 42.3 Å². The van der Waals surface area contributed by atoms with Crippen LogP contribution in [0.25, 0.3) is 21.8 Å². The number of piperazine rings is 1. The standard InChI is InChI=1S/C22H20Cl2N6O/c23-14-7-13-8-18(29-21(13)16(24)9-14)19(30-4-3-26-10-20(30)31)6-12-1-2-15-17(5-12)27-11-28-22(15)25/h1-2,5,7-9,11,19,26,29H,3-4,6,10H2,(H2,25,27,28). The van der Waals surface area contributed by atoms with Gasteiger partial charge in [0.25, 0.3) is 0 Å². The highest BCUT2D eigenvalue weighted by atomic mass is 35.5. The summed E-state index contributed by atoms with van der Waals surface area (Å²) in [6.45, 7) is 1.69. The molecule has 1 aliphatic rings. The van der Waals surface area contributed by atoms with E-state index in [4.69, 9.17) is 28.9 Å². The number of halogens is 2. The zero-order valence-corrected chi connectivity index (χ0v) is 18.0. The van der Waals surface area contributed by atoms with E-state index in [9.17, 15) is 4.79 Å². The molecule has 5 rings (SSSR count). The van der Waals surface area contributed by atoms with Crippen LogP contribution in [-0.4, -0.2) is 45.4 Å². The van der Waals surface area contributed by atoms with E-state index in [0.29, 0.717) is 35.4 Å². The molecule has 1 saturated heterocycles. The molecule has 0 saturated carbocycles. The summed E-state index contributed by atoms with van der Waals surface area (Å²) in [5.41, 5.74) is 9.52. The predicted molar refractivity (Wildman–Crippen MR) is 123 cm³/mol. The summed E-state index contributed by atoms with van der Waals surface area (Å²) in [7, 11) is 0. The summed E-state index contributed by atoms with van der Waals surface area (Å²) in [6, 6.07) is 11.4. The highest BCUT2D eigenvalue weighted by Crippen LogP contribution is 2.33. The molecule has 2 aromatic heterocycles. The van der Waals surface area contributed by atoms with Crippen molar-refractivity contribution >= 4 is 56.7 Å². The maximum absolute atomic E-state index is 12.8. The first-order chi connectivity index (χ1) is 15.0. The first kappa shape index (κ1) is 20.1. The van der Waals surface area contributed by atoms with Crippen LogP contribution < -0.4 is 11.1 Å². The molecule has 7 nitrogen and oxygen atoms in total. The number of carbonyl (C=O) groups is 1. The molecule has 0 radical (unpaired) electrons. The summed E-state index contributed by atoms with van der Waals surface area (Å²) >= 11 is 12.6. The van der Waals surface area contributed by atoms with E-state index >= 15 is 0 Å². The molecule has 9 heteroatoms. The Labute approximate surface area is 188 Å². The first-order valence-corrected chi connectivity index (χ1v) is 10.7. The van der Waals surface area contributed by atoms with Crippen molar-refractivity contribution in [2.45, 2.75) is 12.5 Å². The number of aromatic nitrogens is 3. The number of rotatable bonds is 4. The van der Waals surface area contributed by atoms with Crippen molar-refractivity contribution in [3.63, 3.8) is 0 Å². The molecular weight excluding hydrogens is 435 g/mol. The number of amides is 1. The lowest BCUT2D eigenvalue weighted by Gasteiger charge is -2.34. The van der Waals surface area contributed by atoms with E-state index in [1.54, 1.807) is 6.07 Å². The molecule has 1 fully saturated rings. The van der Waals surface area contributed by atoms with Gasteiger partial charge in [0.2, 0.25) is 5.91 Å². The molecule has 31 heavy (non-hydrogen) atoms. The van der Waals surface area contributed by atoms with Gasteiger partial charge < -0.3 is 20.9 Å². The summed E-state index contributed by atoms with van der Waals surface area (Å²) < 4.78 is 0. The molecule has 158 valence electrons. The number of hydrogen-bond acceptors (Lipinski definition) is 5. The molecule has 1 amide bonds. The lowest BCUT2D eigenvalue weighted by molar-refractivity contribution is -0.134. The SMILES string of the molecule is Nc1ncnc2cc(CC(c3cc4cc(Cl)cc(Cl)c4[nH]3)N3CCNCC3=O)ccc12. The Morgan fingerprint density at radius 2 is 2.03 bits per heavy atom. The number of fused-ring (bicyclic) bond motifs is 2. The van der Waals surface area contributed by atoms with Gasteiger partial charge >= 0.3 is 0 Å². The number of anilines is 1. The summed E-state index contributed by atoms with van der Waals surface area (Å²) in [6.07, 6.45) is 2.08. The van der Waals surface area contributed by atoms with Crippen molar-refractivity contribution in [2.75, 3.05) is 25.4 Å². The monoisotopic (exact) mass is 454 g/mol. The third kappa shape index (κ3) is 3.80. The average molecular weight is 455 g/mol. The first-order valence-electron chi connectivity index (χ1n) is 9.96. The van der Waals surface area contributed by atoms with Crippen molar-refractivity contribution in [1.82, 2.24) is 25.2 Å². The van der Waals surface area contributed by atoms with E-state index < -0.39 is 0 Å². The Balaban J connectivity index is 1.58. The lowest BCUT2D eigenvalue weighted by Crippen LogP contribution is -2.50. The second-order valence-electron chi connectivity index (χ2n) is 7.67. The van der Waals surface area contributed by atoms with Gasteiger partial charge in [-0.3, -0.25) is 4.79 Å². The molecule has 4 N–H and O–H groups in total. The molecular formula is C22H20Cl2N6O. The van der Waals surface area contributed by atoms with Crippen molar-refractivity contribution in [1.29, 1.82) is 0 Å². The molecule has 1 unspecified atom stereocenters. The van der Waals surface area contributed by atoms with Gasteiger partial charge in [-0.15, -0.1) is 0 Å².